The molecule has 26 heavy (non-hydrogen) atoms. The molecular weight excluding hydrogens is 334 g/mol. The van der Waals surface area contributed by atoms with Crippen LogP contribution >= 0.6 is 0 Å². The lowest BCUT2D eigenvalue weighted by molar-refractivity contribution is 0.174. The fraction of sp³-hybridized carbons (Fsp3) is 0.167. The van der Waals surface area contributed by atoms with E-state index < -0.39 is 0 Å². The number of nitrogens with one attached hydrogen (secondary N) is 2. The van der Waals surface area contributed by atoms with E-state index in [0.29, 0.717) is 29.8 Å². The molecule has 1 aliphatic rings. The van der Waals surface area contributed by atoms with Crippen LogP contribution < -0.4 is 20.1 Å². The molecule has 1 aliphatic heterocycles. The second-order valence-corrected chi connectivity index (χ2v) is 5.52. The molecule has 0 unspecified atom stereocenters. The Bertz CT molecular complexity index is 905. The third kappa shape index (κ3) is 3.50. The standard InChI is InChI=1S/C18H17N5O3/c24-8-7-20-18-22-14(13-3-1-2-6-19-13)10-17(23-18)21-12-4-5-15-16(9-12)26-11-25-15/h1-6,9-10,24H,7-8,11H2,(H2,20,21,22,23). The molecule has 0 saturated heterocycles. The Morgan fingerprint density at radius 2 is 1.92 bits per heavy atom. The van der Waals surface area contributed by atoms with Gasteiger partial charge in [0.05, 0.1) is 18.0 Å². The number of rotatable bonds is 6. The van der Waals surface area contributed by atoms with Gasteiger partial charge in [-0.25, -0.2) is 4.98 Å². The maximum Gasteiger partial charge on any atom is 0.231 e. The molecule has 3 heterocycles. The van der Waals surface area contributed by atoms with Crippen molar-refractivity contribution in [3.63, 3.8) is 0 Å². The van der Waals surface area contributed by atoms with Gasteiger partial charge in [0, 0.05) is 30.6 Å². The lowest BCUT2D eigenvalue weighted by atomic mass is 10.2. The monoisotopic (exact) mass is 351 g/mol. The maximum absolute atomic E-state index is 9.04. The SMILES string of the molecule is OCCNc1nc(Nc2ccc3c(c2)OCO3)cc(-c2ccccn2)n1. The van der Waals surface area contributed by atoms with Crippen LogP contribution in [0.2, 0.25) is 0 Å². The van der Waals surface area contributed by atoms with E-state index in [9.17, 15) is 0 Å². The number of fused-ring (bicyclic) bond motifs is 1. The summed E-state index contributed by atoms with van der Waals surface area (Å²) < 4.78 is 10.7. The van der Waals surface area contributed by atoms with Gasteiger partial charge in [-0.2, -0.15) is 4.98 Å². The van der Waals surface area contributed by atoms with Gasteiger partial charge in [0.2, 0.25) is 12.7 Å². The van der Waals surface area contributed by atoms with E-state index in [4.69, 9.17) is 14.6 Å². The first kappa shape index (κ1) is 16.1. The fourth-order valence-electron chi connectivity index (χ4n) is 2.53. The summed E-state index contributed by atoms with van der Waals surface area (Å²) in [7, 11) is 0. The maximum atomic E-state index is 9.04. The molecule has 3 aromatic rings. The van der Waals surface area contributed by atoms with Gasteiger partial charge in [-0.1, -0.05) is 6.07 Å². The molecule has 3 N–H and O–H groups in total. The Labute approximate surface area is 149 Å². The molecule has 0 spiro atoms. The summed E-state index contributed by atoms with van der Waals surface area (Å²) in [6.45, 7) is 0.572. The molecule has 0 fully saturated rings. The minimum atomic E-state index is -0.0118. The van der Waals surface area contributed by atoms with Crippen LogP contribution in [-0.4, -0.2) is 40.0 Å². The van der Waals surface area contributed by atoms with E-state index in [-0.39, 0.29) is 13.4 Å². The highest BCUT2D eigenvalue weighted by Crippen LogP contribution is 2.35. The zero-order chi connectivity index (χ0) is 17.8. The molecule has 0 bridgehead atoms. The minimum absolute atomic E-state index is 0.0118. The van der Waals surface area contributed by atoms with Gasteiger partial charge in [-0.05, 0) is 24.3 Å². The summed E-state index contributed by atoms with van der Waals surface area (Å²) in [5, 5.41) is 15.3. The van der Waals surface area contributed by atoms with E-state index in [0.717, 1.165) is 17.1 Å². The van der Waals surface area contributed by atoms with Crippen molar-refractivity contribution in [3.8, 4) is 22.9 Å². The molecular formula is C18H17N5O3. The lowest BCUT2D eigenvalue weighted by Crippen LogP contribution is -2.10. The van der Waals surface area contributed by atoms with Crippen molar-refractivity contribution in [3.05, 3.63) is 48.7 Å². The number of nitrogens with zero attached hydrogens (tertiary/aromatic N) is 3. The smallest absolute Gasteiger partial charge is 0.231 e. The average molecular weight is 351 g/mol. The number of ether oxygens (including phenoxy) is 2. The Kier molecular flexibility index (Phi) is 4.48. The van der Waals surface area contributed by atoms with Gasteiger partial charge in [-0.15, -0.1) is 0 Å². The van der Waals surface area contributed by atoms with Gasteiger partial charge in [0.25, 0.3) is 0 Å². The minimum Gasteiger partial charge on any atom is -0.454 e. The van der Waals surface area contributed by atoms with E-state index in [1.807, 2.05) is 42.5 Å². The number of hydrogen-bond acceptors (Lipinski definition) is 8. The summed E-state index contributed by atoms with van der Waals surface area (Å²) in [5.74, 6) is 2.41. The molecule has 1 aromatic carbocycles. The number of anilines is 3. The van der Waals surface area contributed by atoms with Crippen LogP contribution in [0, 0.1) is 0 Å². The van der Waals surface area contributed by atoms with Crippen LogP contribution in [0.15, 0.2) is 48.7 Å². The van der Waals surface area contributed by atoms with Gasteiger partial charge in [-0.3, -0.25) is 4.98 Å². The molecule has 4 rings (SSSR count). The number of aliphatic hydroxyl groups is 1. The van der Waals surface area contributed by atoms with Crippen molar-refractivity contribution >= 4 is 17.5 Å². The number of hydrogen-bond donors (Lipinski definition) is 3. The van der Waals surface area contributed by atoms with Crippen LogP contribution in [0.5, 0.6) is 11.5 Å². The third-order valence-corrected chi connectivity index (χ3v) is 3.69. The van der Waals surface area contributed by atoms with Crippen molar-refractivity contribution in [1.29, 1.82) is 0 Å². The average Bonchev–Trinajstić information content (AvgIpc) is 3.15. The molecule has 0 radical (unpaired) electrons. The van der Waals surface area contributed by atoms with Crippen molar-refractivity contribution in [2.75, 3.05) is 30.6 Å². The predicted octanol–water partition coefficient (Wildman–Crippen LogP) is 2.42. The Morgan fingerprint density at radius 1 is 1.00 bits per heavy atom. The normalized spacial score (nSPS) is 12.0. The molecule has 2 aromatic heterocycles. The highest BCUT2D eigenvalue weighted by molar-refractivity contribution is 5.67. The summed E-state index contributed by atoms with van der Waals surface area (Å²) in [6, 6.07) is 13.0. The van der Waals surface area contributed by atoms with E-state index in [1.54, 1.807) is 6.20 Å². The second-order valence-electron chi connectivity index (χ2n) is 5.52. The molecule has 0 saturated carbocycles. The predicted molar refractivity (Wildman–Crippen MR) is 96.7 cm³/mol. The quantitative estimate of drug-likeness (QED) is 0.622. The first-order valence-electron chi connectivity index (χ1n) is 8.14. The van der Waals surface area contributed by atoms with Gasteiger partial charge < -0.3 is 25.2 Å². The van der Waals surface area contributed by atoms with Crippen molar-refractivity contribution in [1.82, 2.24) is 15.0 Å². The van der Waals surface area contributed by atoms with Crippen molar-refractivity contribution in [2.45, 2.75) is 0 Å². The molecule has 0 atom stereocenters. The van der Waals surface area contributed by atoms with Crippen LogP contribution in [0.1, 0.15) is 0 Å². The number of aromatic nitrogens is 3. The van der Waals surface area contributed by atoms with E-state index in [1.165, 1.54) is 0 Å². The van der Waals surface area contributed by atoms with Crippen LogP contribution in [-0.2, 0) is 0 Å². The second kappa shape index (κ2) is 7.24. The first-order chi connectivity index (χ1) is 12.8. The summed E-state index contributed by atoms with van der Waals surface area (Å²) in [6.07, 6.45) is 1.71. The van der Waals surface area contributed by atoms with Gasteiger partial charge in [0.15, 0.2) is 11.5 Å². The largest absolute Gasteiger partial charge is 0.454 e. The number of benzene rings is 1. The summed E-state index contributed by atoms with van der Waals surface area (Å²) in [5.41, 5.74) is 2.22. The van der Waals surface area contributed by atoms with Gasteiger partial charge in [0.1, 0.15) is 5.82 Å². The number of pyridine rings is 1. The fourth-order valence-corrected chi connectivity index (χ4v) is 2.53. The Balaban J connectivity index is 1.65. The highest BCUT2D eigenvalue weighted by atomic mass is 16.7. The number of aliphatic hydroxyl groups excluding tert-OH is 1. The Hall–Kier alpha value is -3.39. The van der Waals surface area contributed by atoms with Crippen LogP contribution in [0.4, 0.5) is 17.5 Å². The van der Waals surface area contributed by atoms with E-state index in [2.05, 4.69) is 25.6 Å². The molecule has 8 heteroatoms. The van der Waals surface area contributed by atoms with Gasteiger partial charge >= 0.3 is 0 Å². The van der Waals surface area contributed by atoms with E-state index >= 15 is 0 Å². The lowest BCUT2D eigenvalue weighted by Gasteiger charge is -2.11. The Morgan fingerprint density at radius 3 is 2.77 bits per heavy atom. The molecule has 132 valence electrons. The molecule has 8 nitrogen and oxygen atoms in total. The molecule has 0 aliphatic carbocycles. The first-order valence-corrected chi connectivity index (χ1v) is 8.14. The summed E-state index contributed by atoms with van der Waals surface area (Å²) >= 11 is 0. The zero-order valence-corrected chi connectivity index (χ0v) is 13.8. The molecule has 0 amide bonds. The third-order valence-electron chi connectivity index (χ3n) is 3.69. The van der Waals surface area contributed by atoms with Crippen molar-refractivity contribution in [2.24, 2.45) is 0 Å². The zero-order valence-electron chi connectivity index (χ0n) is 13.8. The van der Waals surface area contributed by atoms with Crippen LogP contribution in [0.3, 0.4) is 0 Å². The topological polar surface area (TPSA) is 101 Å². The highest BCUT2D eigenvalue weighted by Gasteiger charge is 2.14. The summed E-state index contributed by atoms with van der Waals surface area (Å²) in [4.78, 5) is 13.2. The van der Waals surface area contributed by atoms with Crippen molar-refractivity contribution < 1.29 is 14.6 Å². The van der Waals surface area contributed by atoms with Crippen LogP contribution in [0.25, 0.3) is 11.4 Å².